The predicted octanol–water partition coefficient (Wildman–Crippen LogP) is 3.65. The van der Waals surface area contributed by atoms with E-state index < -0.39 is 17.8 Å². The van der Waals surface area contributed by atoms with Gasteiger partial charge in [0.2, 0.25) is 6.79 Å². The van der Waals surface area contributed by atoms with Crippen molar-refractivity contribution in [2.75, 3.05) is 24.5 Å². The largest absolute Gasteiger partial charge is 0.465 e. The van der Waals surface area contributed by atoms with Crippen LogP contribution in [-0.2, 0) is 4.74 Å². The Balaban J connectivity index is 1.56. The van der Waals surface area contributed by atoms with E-state index in [1.807, 2.05) is 0 Å². The molecule has 0 unspecified atom stereocenters. The number of carbonyl (C=O) groups excluding carboxylic acids is 3. The quantitative estimate of drug-likeness (QED) is 0.527. The van der Waals surface area contributed by atoms with Crippen molar-refractivity contribution in [1.82, 2.24) is 4.98 Å². The maximum atomic E-state index is 12.9. The number of amides is 2. The van der Waals surface area contributed by atoms with E-state index in [4.69, 9.17) is 14.2 Å². The lowest BCUT2D eigenvalue weighted by molar-refractivity contribution is 0.0599. The van der Waals surface area contributed by atoms with Crippen LogP contribution in [0.25, 0.3) is 0 Å². The normalized spacial score (nSPS) is 11.7. The Kier molecular flexibility index (Phi) is 5.55. The number of hydrogen-bond donors (Lipinski definition) is 3. The highest BCUT2D eigenvalue weighted by molar-refractivity contribution is 6.13. The average molecular weight is 435 g/mol. The molecule has 0 bridgehead atoms. The molecule has 4 rings (SSSR count). The minimum atomic E-state index is -0.529. The summed E-state index contributed by atoms with van der Waals surface area (Å²) in [6.07, 6.45) is 0. The molecule has 1 aromatic heterocycles. The van der Waals surface area contributed by atoms with Gasteiger partial charge in [-0.2, -0.15) is 0 Å². The molecule has 9 nitrogen and oxygen atoms in total. The number of fused-ring (bicyclic) bond motifs is 1. The van der Waals surface area contributed by atoms with Gasteiger partial charge in [0.15, 0.2) is 11.5 Å². The number of hydrogen-bond acceptors (Lipinski definition) is 6. The van der Waals surface area contributed by atoms with E-state index >= 15 is 0 Å². The molecule has 1 aliphatic rings. The number of aryl methyl sites for hydroxylation is 1. The first-order valence-corrected chi connectivity index (χ1v) is 9.78. The number of para-hydroxylation sites is 1. The van der Waals surface area contributed by atoms with Crippen LogP contribution >= 0.6 is 0 Å². The number of nitrogens with one attached hydrogen (secondary N) is 3. The number of benzene rings is 2. The summed E-state index contributed by atoms with van der Waals surface area (Å²) in [5.41, 5.74) is 2.64. The fourth-order valence-corrected chi connectivity index (χ4v) is 3.53. The van der Waals surface area contributed by atoms with Gasteiger partial charge in [-0.25, -0.2) is 4.79 Å². The molecule has 0 saturated carbocycles. The molecule has 0 radical (unpaired) electrons. The number of H-pyrrole nitrogens is 1. The van der Waals surface area contributed by atoms with Crippen LogP contribution < -0.4 is 20.1 Å². The maximum Gasteiger partial charge on any atom is 0.339 e. The van der Waals surface area contributed by atoms with Crippen LogP contribution in [0.1, 0.15) is 42.5 Å². The molecule has 0 atom stereocenters. The Bertz CT molecular complexity index is 1230. The zero-order valence-electron chi connectivity index (χ0n) is 17.7. The van der Waals surface area contributed by atoms with Crippen molar-refractivity contribution in [2.45, 2.75) is 13.8 Å². The first kappa shape index (κ1) is 21.0. The monoisotopic (exact) mass is 435 g/mol. The molecule has 2 amide bonds. The lowest BCUT2D eigenvalue weighted by Gasteiger charge is -2.12. The van der Waals surface area contributed by atoms with E-state index in [1.54, 1.807) is 56.3 Å². The highest BCUT2D eigenvalue weighted by Crippen LogP contribution is 2.34. The Morgan fingerprint density at radius 2 is 1.72 bits per heavy atom. The minimum absolute atomic E-state index is 0.136. The summed E-state index contributed by atoms with van der Waals surface area (Å²) in [7, 11) is 1.28. The van der Waals surface area contributed by atoms with Crippen LogP contribution in [0.15, 0.2) is 42.5 Å². The van der Waals surface area contributed by atoms with Gasteiger partial charge in [0.1, 0.15) is 5.69 Å². The summed E-state index contributed by atoms with van der Waals surface area (Å²) < 4.78 is 15.4. The van der Waals surface area contributed by atoms with E-state index in [9.17, 15) is 14.4 Å². The second kappa shape index (κ2) is 8.46. The number of carbonyl (C=O) groups is 3. The second-order valence-electron chi connectivity index (χ2n) is 7.14. The summed E-state index contributed by atoms with van der Waals surface area (Å²) in [5, 5.41) is 5.54. The van der Waals surface area contributed by atoms with Crippen LogP contribution in [0, 0.1) is 13.8 Å². The summed E-state index contributed by atoms with van der Waals surface area (Å²) in [6.45, 7) is 3.47. The molecule has 9 heteroatoms. The molecule has 0 aliphatic carbocycles. The van der Waals surface area contributed by atoms with E-state index in [1.165, 1.54) is 7.11 Å². The van der Waals surface area contributed by atoms with Gasteiger partial charge in [-0.15, -0.1) is 0 Å². The van der Waals surface area contributed by atoms with Crippen LogP contribution in [0.4, 0.5) is 11.4 Å². The smallest absolute Gasteiger partial charge is 0.339 e. The van der Waals surface area contributed by atoms with Crippen LogP contribution in [-0.4, -0.2) is 36.7 Å². The number of ether oxygens (including phenoxy) is 3. The van der Waals surface area contributed by atoms with Gasteiger partial charge in [0.25, 0.3) is 11.8 Å². The molecule has 3 N–H and O–H groups in total. The Hall–Kier alpha value is -4.27. The third kappa shape index (κ3) is 3.87. The van der Waals surface area contributed by atoms with Gasteiger partial charge in [-0.05, 0) is 43.7 Å². The van der Waals surface area contributed by atoms with Crippen molar-refractivity contribution in [3.63, 3.8) is 0 Å². The molecule has 3 aromatic rings. The van der Waals surface area contributed by atoms with E-state index in [0.29, 0.717) is 39.7 Å². The summed E-state index contributed by atoms with van der Waals surface area (Å²) in [4.78, 5) is 40.7. The first-order chi connectivity index (χ1) is 15.4. The van der Waals surface area contributed by atoms with Crippen molar-refractivity contribution >= 4 is 29.2 Å². The van der Waals surface area contributed by atoms with Crippen LogP contribution in [0.3, 0.4) is 0 Å². The van der Waals surface area contributed by atoms with Gasteiger partial charge in [0, 0.05) is 17.4 Å². The van der Waals surface area contributed by atoms with Crippen LogP contribution in [0.5, 0.6) is 11.5 Å². The molecule has 0 fully saturated rings. The Morgan fingerprint density at radius 1 is 0.969 bits per heavy atom. The number of aromatic nitrogens is 1. The Morgan fingerprint density at radius 3 is 2.50 bits per heavy atom. The summed E-state index contributed by atoms with van der Waals surface area (Å²) in [5.74, 6) is -0.265. The summed E-state index contributed by atoms with van der Waals surface area (Å²) >= 11 is 0. The SMILES string of the molecule is COC(=O)c1c(C)[nH]c(C(=O)Nc2ccccc2C(=O)Nc2ccc3c(c2)OCO3)c1C. The van der Waals surface area contributed by atoms with E-state index in [-0.39, 0.29) is 18.1 Å². The summed E-state index contributed by atoms with van der Waals surface area (Å²) in [6, 6.07) is 11.7. The van der Waals surface area contributed by atoms with Gasteiger partial charge >= 0.3 is 5.97 Å². The molecular formula is C23H21N3O6. The third-order valence-electron chi connectivity index (χ3n) is 5.10. The highest BCUT2D eigenvalue weighted by atomic mass is 16.7. The molecule has 1 aliphatic heterocycles. The second-order valence-corrected chi connectivity index (χ2v) is 7.14. The zero-order valence-corrected chi connectivity index (χ0v) is 17.7. The number of aromatic amines is 1. The fraction of sp³-hybridized carbons (Fsp3) is 0.174. The molecule has 164 valence electrons. The topological polar surface area (TPSA) is 119 Å². The zero-order chi connectivity index (χ0) is 22.8. The number of esters is 1. The standard InChI is InChI=1S/C23H21N3O6/c1-12-19(23(29)30-3)13(2)24-20(12)22(28)26-16-7-5-4-6-15(16)21(27)25-14-8-9-17-18(10-14)32-11-31-17/h4-10,24H,11H2,1-3H3,(H,25,27)(H,26,28). The predicted molar refractivity (Wildman–Crippen MR) is 117 cm³/mol. The van der Waals surface area contributed by atoms with Crippen molar-refractivity contribution in [3.8, 4) is 11.5 Å². The highest BCUT2D eigenvalue weighted by Gasteiger charge is 2.23. The molecule has 0 spiro atoms. The van der Waals surface area contributed by atoms with Crippen molar-refractivity contribution < 1.29 is 28.6 Å². The fourth-order valence-electron chi connectivity index (χ4n) is 3.53. The molecule has 32 heavy (non-hydrogen) atoms. The lowest BCUT2D eigenvalue weighted by Crippen LogP contribution is -2.19. The number of methoxy groups -OCH3 is 1. The lowest BCUT2D eigenvalue weighted by atomic mass is 10.1. The van der Waals surface area contributed by atoms with Crippen molar-refractivity contribution in [2.24, 2.45) is 0 Å². The van der Waals surface area contributed by atoms with Gasteiger partial charge in [0.05, 0.1) is 23.9 Å². The van der Waals surface area contributed by atoms with Crippen molar-refractivity contribution in [3.05, 3.63) is 70.5 Å². The number of anilines is 2. The molecule has 2 heterocycles. The molecule has 0 saturated heterocycles. The molecule has 2 aromatic carbocycles. The van der Waals surface area contributed by atoms with Crippen LogP contribution in [0.2, 0.25) is 0 Å². The van der Waals surface area contributed by atoms with Gasteiger partial charge in [-0.1, -0.05) is 12.1 Å². The maximum absolute atomic E-state index is 12.9. The van der Waals surface area contributed by atoms with E-state index in [2.05, 4.69) is 15.6 Å². The average Bonchev–Trinajstić information content (AvgIpc) is 3.36. The van der Waals surface area contributed by atoms with Gasteiger partial charge < -0.3 is 29.8 Å². The third-order valence-corrected chi connectivity index (χ3v) is 5.10. The van der Waals surface area contributed by atoms with Gasteiger partial charge in [-0.3, -0.25) is 9.59 Å². The Labute approximate surface area is 183 Å². The van der Waals surface area contributed by atoms with Crippen molar-refractivity contribution in [1.29, 1.82) is 0 Å². The first-order valence-electron chi connectivity index (χ1n) is 9.78. The minimum Gasteiger partial charge on any atom is -0.465 e. The number of rotatable bonds is 5. The van der Waals surface area contributed by atoms with E-state index in [0.717, 1.165) is 0 Å². The molecular weight excluding hydrogens is 414 g/mol.